The van der Waals surface area contributed by atoms with Crippen molar-refractivity contribution >= 4 is 10.9 Å². The second-order valence-electron chi connectivity index (χ2n) is 3.87. The first-order valence-electron chi connectivity index (χ1n) is 5.46. The number of para-hydroxylation sites is 1. The number of nitrogens with two attached hydrogens (primary N) is 1. The Morgan fingerprint density at radius 1 is 1.12 bits per heavy atom. The van der Waals surface area contributed by atoms with Crippen LogP contribution in [0.3, 0.4) is 0 Å². The molecule has 0 radical (unpaired) electrons. The molecule has 84 valence electrons. The third kappa shape index (κ3) is 1.68. The number of aromatic nitrogens is 3. The van der Waals surface area contributed by atoms with E-state index in [1.54, 1.807) is 12.4 Å². The van der Waals surface area contributed by atoms with Crippen molar-refractivity contribution in [3.05, 3.63) is 48.4 Å². The molecule has 2 heterocycles. The molecule has 0 amide bonds. The molecule has 0 aliphatic heterocycles. The Morgan fingerprint density at radius 3 is 2.65 bits per heavy atom. The van der Waals surface area contributed by atoms with Crippen LogP contribution in [0.15, 0.2) is 42.9 Å². The van der Waals surface area contributed by atoms with Crippen LogP contribution in [0.5, 0.6) is 0 Å². The maximum Gasteiger partial charge on any atom is 0.161 e. The largest absolute Gasteiger partial charge is 0.360 e. The number of aromatic amines is 1. The Balaban J connectivity index is 2.13. The number of nitrogens with one attached hydrogen (secondary N) is 1. The number of rotatable bonds is 2. The summed E-state index contributed by atoms with van der Waals surface area (Å²) in [6, 6.07) is 8.10. The van der Waals surface area contributed by atoms with Gasteiger partial charge in [-0.2, -0.15) is 0 Å². The molecule has 0 unspecified atom stereocenters. The summed E-state index contributed by atoms with van der Waals surface area (Å²) < 4.78 is 0. The highest BCUT2D eigenvalue weighted by atomic mass is 14.9. The maximum atomic E-state index is 5.52. The van der Waals surface area contributed by atoms with Gasteiger partial charge in [-0.15, -0.1) is 0 Å². The van der Waals surface area contributed by atoms with Crippen molar-refractivity contribution < 1.29 is 0 Å². The normalized spacial score (nSPS) is 10.9. The van der Waals surface area contributed by atoms with Crippen molar-refractivity contribution in [2.24, 2.45) is 5.73 Å². The number of benzene rings is 1. The van der Waals surface area contributed by atoms with Crippen molar-refractivity contribution in [3.8, 4) is 11.4 Å². The van der Waals surface area contributed by atoms with Gasteiger partial charge in [0.15, 0.2) is 5.82 Å². The Bertz CT molecular complexity index is 640. The predicted octanol–water partition coefficient (Wildman–Crippen LogP) is 2.08. The van der Waals surface area contributed by atoms with Crippen LogP contribution in [0.25, 0.3) is 22.3 Å². The summed E-state index contributed by atoms with van der Waals surface area (Å²) in [4.78, 5) is 11.9. The molecule has 1 aromatic carbocycles. The molecular weight excluding hydrogens is 212 g/mol. The molecule has 0 fully saturated rings. The van der Waals surface area contributed by atoms with Crippen molar-refractivity contribution in [2.75, 3.05) is 0 Å². The van der Waals surface area contributed by atoms with Crippen LogP contribution in [-0.4, -0.2) is 15.0 Å². The van der Waals surface area contributed by atoms with Gasteiger partial charge in [-0.25, -0.2) is 9.97 Å². The maximum absolute atomic E-state index is 5.52. The Labute approximate surface area is 98.5 Å². The van der Waals surface area contributed by atoms with Gasteiger partial charge in [0.25, 0.3) is 0 Å². The summed E-state index contributed by atoms with van der Waals surface area (Å²) in [7, 11) is 0. The summed E-state index contributed by atoms with van der Waals surface area (Å²) in [5.74, 6) is 0.722. The van der Waals surface area contributed by atoms with E-state index in [1.165, 1.54) is 0 Å². The first-order valence-corrected chi connectivity index (χ1v) is 5.46. The smallest absolute Gasteiger partial charge is 0.161 e. The number of nitrogens with zero attached hydrogens (tertiary/aromatic N) is 2. The van der Waals surface area contributed by atoms with E-state index in [-0.39, 0.29) is 0 Å². The van der Waals surface area contributed by atoms with Crippen LogP contribution in [0.2, 0.25) is 0 Å². The van der Waals surface area contributed by atoms with Gasteiger partial charge in [-0.3, -0.25) is 0 Å². The minimum absolute atomic E-state index is 0.466. The minimum atomic E-state index is 0.466. The summed E-state index contributed by atoms with van der Waals surface area (Å²) in [5.41, 5.74) is 8.57. The third-order valence-electron chi connectivity index (χ3n) is 2.77. The highest BCUT2D eigenvalue weighted by molar-refractivity contribution is 5.93. The summed E-state index contributed by atoms with van der Waals surface area (Å²) in [6.07, 6.45) is 5.47. The van der Waals surface area contributed by atoms with E-state index < -0.39 is 0 Å². The Kier molecular flexibility index (Phi) is 2.34. The minimum Gasteiger partial charge on any atom is -0.360 e. The van der Waals surface area contributed by atoms with Crippen LogP contribution >= 0.6 is 0 Å². The molecule has 0 saturated heterocycles. The van der Waals surface area contributed by atoms with Crippen LogP contribution < -0.4 is 5.73 Å². The lowest BCUT2D eigenvalue weighted by Gasteiger charge is -1.99. The monoisotopic (exact) mass is 224 g/mol. The lowest BCUT2D eigenvalue weighted by atomic mass is 10.1. The third-order valence-corrected chi connectivity index (χ3v) is 2.77. The number of hydrogen-bond donors (Lipinski definition) is 2. The second kappa shape index (κ2) is 3.99. The van der Waals surface area contributed by atoms with Gasteiger partial charge in [-0.05, 0) is 6.07 Å². The number of hydrogen-bond acceptors (Lipinski definition) is 3. The van der Waals surface area contributed by atoms with Crippen molar-refractivity contribution in [3.63, 3.8) is 0 Å². The van der Waals surface area contributed by atoms with E-state index in [0.717, 1.165) is 27.9 Å². The molecule has 0 spiro atoms. The molecule has 0 bridgehead atoms. The van der Waals surface area contributed by atoms with Gasteiger partial charge in [0, 0.05) is 47.2 Å². The lowest BCUT2D eigenvalue weighted by molar-refractivity contribution is 1.01. The van der Waals surface area contributed by atoms with Gasteiger partial charge in [0.05, 0.1) is 0 Å². The highest BCUT2D eigenvalue weighted by Gasteiger charge is 2.07. The van der Waals surface area contributed by atoms with Gasteiger partial charge in [0.2, 0.25) is 0 Å². The zero-order valence-corrected chi connectivity index (χ0v) is 9.22. The molecule has 0 atom stereocenters. The lowest BCUT2D eigenvalue weighted by Crippen LogP contribution is -1.98. The number of H-pyrrole nitrogens is 1. The van der Waals surface area contributed by atoms with E-state index in [2.05, 4.69) is 21.0 Å². The van der Waals surface area contributed by atoms with Crippen LogP contribution in [0, 0.1) is 0 Å². The molecule has 0 aliphatic rings. The molecule has 2 aromatic heterocycles. The zero-order chi connectivity index (χ0) is 11.7. The van der Waals surface area contributed by atoms with E-state index in [4.69, 9.17) is 5.73 Å². The van der Waals surface area contributed by atoms with Crippen molar-refractivity contribution in [2.45, 2.75) is 6.54 Å². The summed E-state index contributed by atoms with van der Waals surface area (Å²) >= 11 is 0. The first kappa shape index (κ1) is 9.99. The van der Waals surface area contributed by atoms with Gasteiger partial charge in [-0.1, -0.05) is 18.2 Å². The molecule has 0 saturated carbocycles. The summed E-state index contributed by atoms with van der Waals surface area (Å²) in [6.45, 7) is 0.466. The van der Waals surface area contributed by atoms with E-state index >= 15 is 0 Å². The SMILES string of the molecule is NCc1cnc(-c2c[nH]c3ccccc23)nc1. The average Bonchev–Trinajstić information content (AvgIpc) is 2.83. The molecule has 0 aliphatic carbocycles. The fourth-order valence-electron chi connectivity index (χ4n) is 1.86. The average molecular weight is 224 g/mol. The van der Waals surface area contributed by atoms with Crippen LogP contribution in [-0.2, 0) is 6.54 Å². The van der Waals surface area contributed by atoms with E-state index in [1.807, 2.05) is 24.4 Å². The fraction of sp³-hybridized carbons (Fsp3) is 0.0769. The van der Waals surface area contributed by atoms with Crippen molar-refractivity contribution in [1.82, 2.24) is 15.0 Å². The van der Waals surface area contributed by atoms with Crippen LogP contribution in [0.1, 0.15) is 5.56 Å². The zero-order valence-electron chi connectivity index (χ0n) is 9.22. The second-order valence-corrected chi connectivity index (χ2v) is 3.87. The van der Waals surface area contributed by atoms with E-state index in [0.29, 0.717) is 6.54 Å². The van der Waals surface area contributed by atoms with E-state index in [9.17, 15) is 0 Å². The molecule has 4 nitrogen and oxygen atoms in total. The van der Waals surface area contributed by atoms with Crippen LogP contribution in [0.4, 0.5) is 0 Å². The van der Waals surface area contributed by atoms with Gasteiger partial charge in [0.1, 0.15) is 0 Å². The molecule has 3 rings (SSSR count). The standard InChI is InChI=1S/C13H12N4/c14-5-9-6-16-13(17-7-9)11-8-15-12-4-2-1-3-10(11)12/h1-4,6-8,15H,5,14H2. The number of fused-ring (bicyclic) bond motifs is 1. The molecule has 4 heteroatoms. The topological polar surface area (TPSA) is 67.6 Å². The van der Waals surface area contributed by atoms with Gasteiger partial charge < -0.3 is 10.7 Å². The highest BCUT2D eigenvalue weighted by Crippen LogP contribution is 2.25. The first-order chi connectivity index (χ1) is 8.38. The van der Waals surface area contributed by atoms with Gasteiger partial charge >= 0.3 is 0 Å². The fourth-order valence-corrected chi connectivity index (χ4v) is 1.86. The quantitative estimate of drug-likeness (QED) is 0.700. The Morgan fingerprint density at radius 2 is 1.88 bits per heavy atom. The molecular formula is C13H12N4. The molecule has 17 heavy (non-hydrogen) atoms. The summed E-state index contributed by atoms with van der Waals surface area (Å²) in [5, 5.41) is 1.13. The Hall–Kier alpha value is -2.20. The molecule has 3 aromatic rings. The predicted molar refractivity (Wildman–Crippen MR) is 67.2 cm³/mol. The van der Waals surface area contributed by atoms with Crippen molar-refractivity contribution in [1.29, 1.82) is 0 Å². The molecule has 3 N–H and O–H groups in total.